The number of carboxylic acids is 1. The van der Waals surface area contributed by atoms with Crippen LogP contribution in [0.15, 0.2) is 36.4 Å². The van der Waals surface area contributed by atoms with Crippen LogP contribution in [0.3, 0.4) is 0 Å². The zero-order valence-corrected chi connectivity index (χ0v) is 19.8. The van der Waals surface area contributed by atoms with Gasteiger partial charge in [0, 0.05) is 17.9 Å². The Hall–Kier alpha value is -2.20. The normalized spacial score (nSPS) is 21.6. The summed E-state index contributed by atoms with van der Waals surface area (Å²) < 4.78 is 0. The van der Waals surface area contributed by atoms with E-state index in [-0.39, 0.29) is 0 Å². The van der Waals surface area contributed by atoms with Crippen molar-refractivity contribution in [3.63, 3.8) is 0 Å². The third kappa shape index (κ3) is 5.48. The number of likely N-dealkylation sites (tertiary alicyclic amines) is 1. The van der Waals surface area contributed by atoms with Gasteiger partial charge in [0.1, 0.15) is 6.04 Å². The van der Waals surface area contributed by atoms with Gasteiger partial charge in [-0.1, -0.05) is 43.2 Å². The lowest BCUT2D eigenvalue weighted by Crippen LogP contribution is -2.33. The predicted molar refractivity (Wildman–Crippen MR) is 132 cm³/mol. The molecule has 2 fully saturated rings. The Kier molecular flexibility index (Phi) is 7.10. The summed E-state index contributed by atoms with van der Waals surface area (Å²) in [5.41, 5.74) is 6.38. The topological polar surface area (TPSA) is 53.4 Å². The second-order valence-corrected chi connectivity index (χ2v) is 10.5. The zero-order valence-electron chi connectivity index (χ0n) is 19.8. The standard InChI is InChI=1S/C29H38N2O2/c32-29(33)28(26-12-6-5-11-25(26)22-14-15-22)31-19-18-21(20-31)8-2-1-3-10-24-17-16-23-9-4-7-13-27(23)30-24/h5-6,11-12,16-17,21-22,28H,1-4,7-10,13-15,18-20H2,(H,32,33)/t21-,28?/m1/s1. The zero-order chi connectivity index (χ0) is 22.6. The third-order valence-electron chi connectivity index (χ3n) is 8.01. The molecule has 176 valence electrons. The molecule has 0 amide bonds. The number of hydrogen-bond acceptors (Lipinski definition) is 3. The number of carboxylic acid groups (broad SMARTS) is 1. The number of carbonyl (C=O) groups is 1. The van der Waals surface area contributed by atoms with Gasteiger partial charge in [0.25, 0.3) is 0 Å². The highest BCUT2D eigenvalue weighted by Gasteiger charge is 2.37. The van der Waals surface area contributed by atoms with Gasteiger partial charge in [-0.25, -0.2) is 0 Å². The number of hydrogen-bond donors (Lipinski definition) is 1. The molecule has 3 aliphatic rings. The molecule has 1 aromatic heterocycles. The summed E-state index contributed by atoms with van der Waals surface area (Å²) in [5, 5.41) is 10.1. The fourth-order valence-electron chi connectivity index (χ4n) is 6.03. The maximum absolute atomic E-state index is 12.3. The number of fused-ring (bicyclic) bond motifs is 1. The monoisotopic (exact) mass is 446 g/mol. The van der Waals surface area contributed by atoms with Gasteiger partial charge in [-0.15, -0.1) is 0 Å². The van der Waals surface area contributed by atoms with E-state index >= 15 is 0 Å². The van der Waals surface area contributed by atoms with E-state index in [9.17, 15) is 9.90 Å². The van der Waals surface area contributed by atoms with E-state index in [0.29, 0.717) is 11.8 Å². The van der Waals surface area contributed by atoms with Gasteiger partial charge >= 0.3 is 5.97 Å². The number of aryl methyl sites for hydroxylation is 3. The van der Waals surface area contributed by atoms with E-state index in [0.717, 1.165) is 37.9 Å². The Morgan fingerprint density at radius 3 is 2.73 bits per heavy atom. The summed E-state index contributed by atoms with van der Waals surface area (Å²) in [6, 6.07) is 12.3. The average Bonchev–Trinajstić information content (AvgIpc) is 3.58. The summed E-state index contributed by atoms with van der Waals surface area (Å²) in [7, 11) is 0. The highest BCUT2D eigenvalue weighted by molar-refractivity contribution is 5.76. The smallest absolute Gasteiger partial charge is 0.325 e. The lowest BCUT2D eigenvalue weighted by molar-refractivity contribution is -0.143. The van der Waals surface area contributed by atoms with Crippen LogP contribution in [0.1, 0.15) is 97.8 Å². The molecule has 1 N–H and O–H groups in total. The number of unbranched alkanes of at least 4 members (excludes halogenated alkanes) is 2. The Bertz CT molecular complexity index is 968. The highest BCUT2D eigenvalue weighted by atomic mass is 16.4. The van der Waals surface area contributed by atoms with Gasteiger partial charge in [-0.05, 0) is 105 Å². The maximum atomic E-state index is 12.3. The Morgan fingerprint density at radius 2 is 1.88 bits per heavy atom. The van der Waals surface area contributed by atoms with Crippen LogP contribution >= 0.6 is 0 Å². The van der Waals surface area contributed by atoms with Gasteiger partial charge in [-0.3, -0.25) is 14.7 Å². The first kappa shape index (κ1) is 22.6. The molecule has 0 spiro atoms. The number of aromatic nitrogens is 1. The quantitative estimate of drug-likeness (QED) is 0.449. The highest BCUT2D eigenvalue weighted by Crippen LogP contribution is 2.44. The van der Waals surface area contributed by atoms with Gasteiger partial charge in [0.2, 0.25) is 0 Å². The van der Waals surface area contributed by atoms with Crippen molar-refractivity contribution in [1.29, 1.82) is 0 Å². The fourth-order valence-corrected chi connectivity index (χ4v) is 6.03. The minimum absolute atomic E-state index is 0.484. The van der Waals surface area contributed by atoms with Crippen LogP contribution < -0.4 is 0 Å². The van der Waals surface area contributed by atoms with Gasteiger partial charge < -0.3 is 5.11 Å². The first-order valence-electron chi connectivity index (χ1n) is 13.2. The lowest BCUT2D eigenvalue weighted by Gasteiger charge is -2.26. The number of aliphatic carboxylic acids is 1. The molecule has 4 nitrogen and oxygen atoms in total. The SMILES string of the molecule is O=C(O)C(c1ccccc1C1CC1)N1CC[C@@H](CCCCCc2ccc3c(n2)CCCC3)C1. The molecule has 1 saturated heterocycles. The minimum atomic E-state index is -0.693. The maximum Gasteiger partial charge on any atom is 0.325 e. The van der Waals surface area contributed by atoms with Crippen molar-refractivity contribution in [2.75, 3.05) is 13.1 Å². The van der Waals surface area contributed by atoms with E-state index in [4.69, 9.17) is 4.98 Å². The van der Waals surface area contributed by atoms with E-state index in [2.05, 4.69) is 35.2 Å². The van der Waals surface area contributed by atoms with Crippen LogP contribution in [0.4, 0.5) is 0 Å². The molecular weight excluding hydrogens is 408 g/mol. The van der Waals surface area contributed by atoms with Crippen LogP contribution in [0.25, 0.3) is 0 Å². The Balaban J connectivity index is 1.08. The number of pyridine rings is 1. The molecule has 1 saturated carbocycles. The van der Waals surface area contributed by atoms with Crippen molar-refractivity contribution in [2.24, 2.45) is 5.92 Å². The summed E-state index contributed by atoms with van der Waals surface area (Å²) >= 11 is 0. The molecule has 0 radical (unpaired) electrons. The van der Waals surface area contributed by atoms with Crippen molar-refractivity contribution in [3.05, 3.63) is 64.5 Å². The van der Waals surface area contributed by atoms with Gasteiger partial charge in [-0.2, -0.15) is 0 Å². The average molecular weight is 447 g/mol. The van der Waals surface area contributed by atoms with Crippen LogP contribution in [0, 0.1) is 5.92 Å². The second kappa shape index (κ2) is 10.4. The van der Waals surface area contributed by atoms with Crippen molar-refractivity contribution in [1.82, 2.24) is 9.88 Å². The minimum Gasteiger partial charge on any atom is -0.480 e. The lowest BCUT2D eigenvalue weighted by atomic mass is 9.95. The molecule has 1 aliphatic heterocycles. The Labute approximate surface area is 198 Å². The third-order valence-corrected chi connectivity index (χ3v) is 8.01. The Morgan fingerprint density at radius 1 is 1.03 bits per heavy atom. The largest absolute Gasteiger partial charge is 0.480 e. The molecule has 2 heterocycles. The van der Waals surface area contributed by atoms with Crippen molar-refractivity contribution in [3.8, 4) is 0 Å². The van der Waals surface area contributed by atoms with E-state index in [1.807, 2.05) is 6.07 Å². The van der Waals surface area contributed by atoms with E-state index in [1.165, 1.54) is 80.3 Å². The molecular formula is C29H38N2O2. The molecule has 2 aliphatic carbocycles. The predicted octanol–water partition coefficient (Wildman–Crippen LogP) is 6.09. The number of benzene rings is 1. The molecule has 2 aromatic rings. The summed E-state index contributed by atoms with van der Waals surface area (Å²) in [4.78, 5) is 19.4. The van der Waals surface area contributed by atoms with Crippen LogP contribution in [-0.4, -0.2) is 34.0 Å². The van der Waals surface area contributed by atoms with Crippen molar-refractivity contribution >= 4 is 5.97 Å². The molecule has 2 atom stereocenters. The second-order valence-electron chi connectivity index (χ2n) is 10.5. The number of rotatable bonds is 10. The fraction of sp³-hybridized carbons (Fsp3) is 0.586. The van der Waals surface area contributed by atoms with Crippen LogP contribution in [-0.2, 0) is 24.1 Å². The first-order valence-corrected chi connectivity index (χ1v) is 13.2. The molecule has 0 bridgehead atoms. The van der Waals surface area contributed by atoms with E-state index < -0.39 is 12.0 Å². The first-order chi connectivity index (χ1) is 16.2. The molecule has 1 unspecified atom stereocenters. The van der Waals surface area contributed by atoms with Gasteiger partial charge in [0.15, 0.2) is 0 Å². The van der Waals surface area contributed by atoms with Crippen molar-refractivity contribution < 1.29 is 9.90 Å². The molecule has 4 heteroatoms. The van der Waals surface area contributed by atoms with Crippen LogP contribution in [0.2, 0.25) is 0 Å². The van der Waals surface area contributed by atoms with E-state index in [1.54, 1.807) is 0 Å². The number of nitrogens with zero attached hydrogens (tertiary/aromatic N) is 2. The summed E-state index contributed by atoms with van der Waals surface area (Å²) in [6.45, 7) is 1.82. The summed E-state index contributed by atoms with van der Waals surface area (Å²) in [5.74, 6) is 0.508. The van der Waals surface area contributed by atoms with Gasteiger partial charge in [0.05, 0.1) is 0 Å². The molecule has 33 heavy (non-hydrogen) atoms. The molecule has 1 aromatic carbocycles. The van der Waals surface area contributed by atoms with Crippen LogP contribution in [0.5, 0.6) is 0 Å². The molecule has 5 rings (SSSR count). The van der Waals surface area contributed by atoms with Crippen molar-refractivity contribution in [2.45, 2.75) is 89.0 Å². The summed E-state index contributed by atoms with van der Waals surface area (Å²) in [6.07, 6.45) is 14.5.